The summed E-state index contributed by atoms with van der Waals surface area (Å²) in [7, 11) is 0. The highest BCUT2D eigenvalue weighted by Gasteiger charge is 2.11. The van der Waals surface area contributed by atoms with Gasteiger partial charge >= 0.3 is 0 Å². The summed E-state index contributed by atoms with van der Waals surface area (Å²) in [5, 5.41) is 0. The Labute approximate surface area is 92.1 Å². The number of hydrogen-bond donors (Lipinski definition) is 2. The van der Waals surface area contributed by atoms with Crippen LogP contribution in [-0.4, -0.2) is 11.0 Å². The lowest BCUT2D eigenvalue weighted by Gasteiger charge is -2.19. The van der Waals surface area contributed by atoms with Crippen molar-refractivity contribution in [1.82, 2.24) is 10.4 Å². The zero-order valence-corrected chi connectivity index (χ0v) is 9.61. The van der Waals surface area contributed by atoms with Crippen molar-refractivity contribution in [3.8, 4) is 0 Å². The van der Waals surface area contributed by atoms with Gasteiger partial charge in [0.2, 0.25) is 0 Å². The molecule has 0 saturated carbocycles. The molecule has 0 saturated heterocycles. The molecule has 0 spiro atoms. The molecule has 0 aliphatic rings. The predicted molar refractivity (Wildman–Crippen MR) is 63.1 cm³/mol. The highest BCUT2D eigenvalue weighted by Crippen LogP contribution is 2.12. The van der Waals surface area contributed by atoms with Gasteiger partial charge in [-0.3, -0.25) is 16.3 Å². The summed E-state index contributed by atoms with van der Waals surface area (Å²) in [5.74, 6) is 6.27. The number of pyridine rings is 1. The van der Waals surface area contributed by atoms with Crippen molar-refractivity contribution >= 4 is 0 Å². The second kappa shape index (κ2) is 6.53. The van der Waals surface area contributed by atoms with Gasteiger partial charge in [0, 0.05) is 18.4 Å². The molecule has 3 N–H and O–H groups in total. The lowest BCUT2D eigenvalue weighted by atomic mass is 9.95. The Hall–Kier alpha value is -0.930. The number of rotatable bonds is 6. The van der Waals surface area contributed by atoms with E-state index >= 15 is 0 Å². The summed E-state index contributed by atoms with van der Waals surface area (Å²) in [6.45, 7) is 4.47. The molecule has 3 heteroatoms. The number of hydrogen-bond acceptors (Lipinski definition) is 3. The van der Waals surface area contributed by atoms with Crippen LogP contribution in [0.25, 0.3) is 0 Å². The molecule has 3 nitrogen and oxygen atoms in total. The highest BCUT2D eigenvalue weighted by molar-refractivity contribution is 5.11. The van der Waals surface area contributed by atoms with Crippen molar-refractivity contribution in [1.29, 1.82) is 0 Å². The molecule has 0 fully saturated rings. The largest absolute Gasteiger partial charge is 0.271 e. The molecule has 2 unspecified atom stereocenters. The van der Waals surface area contributed by atoms with Crippen LogP contribution in [0.5, 0.6) is 0 Å². The van der Waals surface area contributed by atoms with Crippen molar-refractivity contribution in [3.63, 3.8) is 0 Å². The first-order valence-corrected chi connectivity index (χ1v) is 5.61. The molecule has 84 valence electrons. The Bertz CT molecular complexity index is 261. The summed E-state index contributed by atoms with van der Waals surface area (Å²) < 4.78 is 0. The monoisotopic (exact) mass is 207 g/mol. The Morgan fingerprint density at radius 1 is 1.40 bits per heavy atom. The molecule has 1 aromatic rings. The van der Waals surface area contributed by atoms with Crippen molar-refractivity contribution in [2.75, 3.05) is 0 Å². The molecule has 0 aliphatic heterocycles. The van der Waals surface area contributed by atoms with Gasteiger partial charge in [0.1, 0.15) is 0 Å². The van der Waals surface area contributed by atoms with Gasteiger partial charge in [-0.1, -0.05) is 20.3 Å². The molecule has 1 aromatic heterocycles. The predicted octanol–water partition coefficient (Wildman–Crippen LogP) is 1.89. The molecule has 1 rings (SSSR count). The van der Waals surface area contributed by atoms with E-state index in [2.05, 4.69) is 24.3 Å². The smallest absolute Gasteiger partial charge is 0.0270 e. The number of hydrazine groups is 1. The van der Waals surface area contributed by atoms with E-state index in [1.165, 1.54) is 12.0 Å². The van der Waals surface area contributed by atoms with Gasteiger partial charge < -0.3 is 0 Å². The van der Waals surface area contributed by atoms with Crippen molar-refractivity contribution < 1.29 is 0 Å². The van der Waals surface area contributed by atoms with E-state index in [1.807, 2.05) is 24.5 Å². The molecule has 0 bridgehead atoms. The van der Waals surface area contributed by atoms with Gasteiger partial charge in [0.15, 0.2) is 0 Å². The molecular formula is C12H21N3. The van der Waals surface area contributed by atoms with Crippen molar-refractivity contribution in [2.45, 2.75) is 39.2 Å². The Kier molecular flexibility index (Phi) is 5.29. The minimum absolute atomic E-state index is 0.363. The van der Waals surface area contributed by atoms with Crippen LogP contribution in [0.1, 0.15) is 32.3 Å². The van der Waals surface area contributed by atoms with Crippen LogP contribution in [-0.2, 0) is 6.42 Å². The average Bonchev–Trinajstić information content (AvgIpc) is 2.29. The van der Waals surface area contributed by atoms with Gasteiger partial charge in [-0.2, -0.15) is 0 Å². The zero-order chi connectivity index (χ0) is 11.1. The van der Waals surface area contributed by atoms with Crippen molar-refractivity contribution in [2.24, 2.45) is 11.8 Å². The normalized spacial score (nSPS) is 14.9. The Morgan fingerprint density at radius 3 is 2.60 bits per heavy atom. The maximum atomic E-state index is 5.56. The summed E-state index contributed by atoms with van der Waals surface area (Å²) >= 11 is 0. The summed E-state index contributed by atoms with van der Waals surface area (Å²) in [6, 6.07) is 4.45. The van der Waals surface area contributed by atoms with E-state index in [1.54, 1.807) is 0 Å². The third kappa shape index (κ3) is 4.40. The SMILES string of the molecule is CCC(C)CC(Cc1ccncc1)NN. The molecular weight excluding hydrogens is 186 g/mol. The molecule has 2 atom stereocenters. The number of nitrogens with zero attached hydrogens (tertiary/aromatic N) is 1. The first-order valence-electron chi connectivity index (χ1n) is 5.61. The van der Waals surface area contributed by atoms with E-state index in [4.69, 9.17) is 5.84 Å². The number of aromatic nitrogens is 1. The minimum Gasteiger partial charge on any atom is -0.271 e. The van der Waals surface area contributed by atoms with E-state index in [0.717, 1.165) is 12.8 Å². The number of nitrogens with two attached hydrogens (primary N) is 1. The van der Waals surface area contributed by atoms with Crippen molar-refractivity contribution in [3.05, 3.63) is 30.1 Å². The Balaban J connectivity index is 2.47. The average molecular weight is 207 g/mol. The first-order chi connectivity index (χ1) is 7.26. The summed E-state index contributed by atoms with van der Waals surface area (Å²) in [5.41, 5.74) is 4.18. The van der Waals surface area contributed by atoms with Gasteiger partial charge in [-0.05, 0) is 36.5 Å². The lowest BCUT2D eigenvalue weighted by Crippen LogP contribution is -2.37. The van der Waals surface area contributed by atoms with Gasteiger partial charge in [-0.15, -0.1) is 0 Å². The summed E-state index contributed by atoms with van der Waals surface area (Å²) in [4.78, 5) is 4.00. The standard InChI is InChI=1S/C12H21N3/c1-3-10(2)8-12(15-13)9-11-4-6-14-7-5-11/h4-7,10,12,15H,3,8-9,13H2,1-2H3. The van der Waals surface area contributed by atoms with Gasteiger partial charge in [-0.25, -0.2) is 0 Å². The van der Waals surface area contributed by atoms with Crippen LogP contribution in [0.2, 0.25) is 0 Å². The van der Waals surface area contributed by atoms with Crippen LogP contribution in [0.15, 0.2) is 24.5 Å². The van der Waals surface area contributed by atoms with E-state index in [0.29, 0.717) is 12.0 Å². The van der Waals surface area contributed by atoms with Gasteiger partial charge in [0.25, 0.3) is 0 Å². The van der Waals surface area contributed by atoms with E-state index in [9.17, 15) is 0 Å². The number of nitrogens with one attached hydrogen (secondary N) is 1. The van der Waals surface area contributed by atoms with Crippen LogP contribution in [0.3, 0.4) is 0 Å². The van der Waals surface area contributed by atoms with E-state index in [-0.39, 0.29) is 0 Å². The zero-order valence-electron chi connectivity index (χ0n) is 9.61. The molecule has 0 amide bonds. The van der Waals surface area contributed by atoms with Crippen LogP contribution in [0.4, 0.5) is 0 Å². The lowest BCUT2D eigenvalue weighted by molar-refractivity contribution is 0.396. The second-order valence-corrected chi connectivity index (χ2v) is 4.17. The van der Waals surface area contributed by atoms with Crippen LogP contribution < -0.4 is 11.3 Å². The maximum absolute atomic E-state index is 5.56. The minimum atomic E-state index is 0.363. The Morgan fingerprint density at radius 2 is 2.07 bits per heavy atom. The molecule has 0 radical (unpaired) electrons. The first kappa shape index (κ1) is 12.1. The summed E-state index contributed by atoms with van der Waals surface area (Å²) in [6.07, 6.45) is 6.95. The highest BCUT2D eigenvalue weighted by atomic mass is 15.2. The molecule has 0 aliphatic carbocycles. The molecule has 0 aromatic carbocycles. The third-order valence-electron chi connectivity index (χ3n) is 2.85. The molecule has 1 heterocycles. The fourth-order valence-electron chi connectivity index (χ4n) is 1.67. The third-order valence-corrected chi connectivity index (χ3v) is 2.85. The molecule has 15 heavy (non-hydrogen) atoms. The maximum Gasteiger partial charge on any atom is 0.0270 e. The van der Waals surface area contributed by atoms with Gasteiger partial charge in [0.05, 0.1) is 0 Å². The van der Waals surface area contributed by atoms with Crippen LogP contribution >= 0.6 is 0 Å². The van der Waals surface area contributed by atoms with Crippen LogP contribution in [0, 0.1) is 5.92 Å². The van der Waals surface area contributed by atoms with E-state index < -0.39 is 0 Å². The fraction of sp³-hybridized carbons (Fsp3) is 0.583. The fourth-order valence-corrected chi connectivity index (χ4v) is 1.67. The second-order valence-electron chi connectivity index (χ2n) is 4.17. The quantitative estimate of drug-likeness (QED) is 0.553. The topological polar surface area (TPSA) is 50.9 Å².